The Morgan fingerprint density at radius 3 is 2.57 bits per heavy atom. The smallest absolute Gasteiger partial charge is 0.316 e. The highest BCUT2D eigenvalue weighted by Gasteiger charge is 2.29. The van der Waals surface area contributed by atoms with Crippen LogP contribution in [0.15, 0.2) is 12.4 Å². The molecule has 2 atom stereocenters. The van der Waals surface area contributed by atoms with Crippen LogP contribution in [0.3, 0.4) is 0 Å². The first-order chi connectivity index (χ1) is 6.75. The minimum atomic E-state index is -0.955. The molecule has 1 aliphatic carbocycles. The van der Waals surface area contributed by atoms with Gasteiger partial charge in [0.2, 0.25) is 0 Å². The van der Waals surface area contributed by atoms with Crippen LogP contribution in [0.5, 0.6) is 6.01 Å². The number of ether oxygens (including phenoxy) is 1. The monoisotopic (exact) mass is 200 g/mol. The van der Waals surface area contributed by atoms with Gasteiger partial charge >= 0.3 is 6.01 Å². The third kappa shape index (κ3) is 1.97. The zero-order valence-corrected chi connectivity index (χ0v) is 7.49. The number of halogens is 2. The number of hydrogen-bond donors (Lipinski definition) is 0. The minimum absolute atomic E-state index is 0.0425. The van der Waals surface area contributed by atoms with Crippen molar-refractivity contribution in [3.8, 4) is 6.01 Å². The van der Waals surface area contributed by atoms with Gasteiger partial charge in [0, 0.05) is 0 Å². The zero-order chi connectivity index (χ0) is 9.97. The Bertz CT molecular complexity index is 304. The Morgan fingerprint density at radius 2 is 2.00 bits per heavy atom. The van der Waals surface area contributed by atoms with Crippen LogP contribution in [0.4, 0.5) is 8.78 Å². The highest BCUT2D eigenvalue weighted by atomic mass is 19.1. The van der Waals surface area contributed by atoms with E-state index in [1.54, 1.807) is 0 Å². The molecule has 1 fully saturated rings. The molecule has 0 aliphatic heterocycles. The van der Waals surface area contributed by atoms with Crippen molar-refractivity contribution in [1.82, 2.24) is 9.97 Å². The van der Waals surface area contributed by atoms with Gasteiger partial charge in [0.25, 0.3) is 0 Å². The quantitative estimate of drug-likeness (QED) is 0.731. The van der Waals surface area contributed by atoms with Crippen molar-refractivity contribution in [2.24, 2.45) is 0 Å². The van der Waals surface area contributed by atoms with Crippen LogP contribution in [0.2, 0.25) is 0 Å². The molecule has 0 amide bonds. The van der Waals surface area contributed by atoms with E-state index in [4.69, 9.17) is 4.74 Å². The Balaban J connectivity index is 2.00. The molecule has 0 bridgehead atoms. The van der Waals surface area contributed by atoms with Crippen molar-refractivity contribution < 1.29 is 13.5 Å². The normalized spacial score (nSPS) is 26.4. The molecule has 1 aromatic heterocycles. The van der Waals surface area contributed by atoms with Crippen LogP contribution < -0.4 is 4.74 Å². The summed E-state index contributed by atoms with van der Waals surface area (Å²) in [5.74, 6) is -0.527. The van der Waals surface area contributed by atoms with Gasteiger partial charge in [-0.05, 0) is 19.3 Å². The van der Waals surface area contributed by atoms with E-state index in [1.807, 2.05) is 0 Å². The van der Waals surface area contributed by atoms with Gasteiger partial charge in [-0.15, -0.1) is 0 Å². The maximum Gasteiger partial charge on any atom is 0.316 e. The predicted molar refractivity (Wildman–Crippen MR) is 45.2 cm³/mol. The van der Waals surface area contributed by atoms with Crippen LogP contribution >= 0.6 is 0 Å². The van der Waals surface area contributed by atoms with Gasteiger partial charge in [0.05, 0.1) is 12.4 Å². The van der Waals surface area contributed by atoms with Crippen molar-refractivity contribution in [2.45, 2.75) is 31.5 Å². The minimum Gasteiger partial charge on any atom is -0.457 e. The molecular formula is C9H10F2N2O. The van der Waals surface area contributed by atoms with E-state index < -0.39 is 18.1 Å². The first-order valence-corrected chi connectivity index (χ1v) is 4.54. The highest BCUT2D eigenvalue weighted by Crippen LogP contribution is 2.25. The zero-order valence-electron chi connectivity index (χ0n) is 7.49. The van der Waals surface area contributed by atoms with Crippen molar-refractivity contribution in [3.63, 3.8) is 0 Å². The van der Waals surface area contributed by atoms with Crippen molar-refractivity contribution in [2.75, 3.05) is 0 Å². The second kappa shape index (κ2) is 3.86. The van der Waals surface area contributed by atoms with E-state index in [9.17, 15) is 8.78 Å². The third-order valence-corrected chi connectivity index (χ3v) is 2.23. The van der Waals surface area contributed by atoms with E-state index in [0.717, 1.165) is 18.8 Å². The molecule has 0 aromatic carbocycles. The molecular weight excluding hydrogens is 190 g/mol. The second-order valence-corrected chi connectivity index (χ2v) is 3.29. The van der Waals surface area contributed by atoms with Gasteiger partial charge in [-0.3, -0.25) is 0 Å². The summed E-state index contributed by atoms with van der Waals surface area (Å²) in [6.07, 6.45) is 2.58. The fourth-order valence-corrected chi connectivity index (χ4v) is 1.51. The van der Waals surface area contributed by atoms with Gasteiger partial charge in [0.15, 0.2) is 5.82 Å². The van der Waals surface area contributed by atoms with E-state index in [1.165, 1.54) is 0 Å². The lowest BCUT2D eigenvalue weighted by Crippen LogP contribution is -2.23. The first-order valence-electron chi connectivity index (χ1n) is 4.54. The van der Waals surface area contributed by atoms with Gasteiger partial charge < -0.3 is 4.74 Å². The summed E-state index contributed by atoms with van der Waals surface area (Å²) in [4.78, 5) is 7.20. The second-order valence-electron chi connectivity index (χ2n) is 3.29. The molecule has 0 saturated heterocycles. The van der Waals surface area contributed by atoms with Crippen molar-refractivity contribution in [3.05, 3.63) is 18.2 Å². The number of nitrogens with zero attached hydrogens (tertiary/aromatic N) is 2. The molecule has 0 spiro atoms. The molecule has 0 N–H and O–H groups in total. The first kappa shape index (κ1) is 9.30. The Labute approximate surface area is 80.1 Å². The summed E-state index contributed by atoms with van der Waals surface area (Å²) in [6, 6.07) is 0.0425. The molecule has 5 heteroatoms. The standard InChI is InChI=1S/C9H10F2N2O/c10-6-4-12-9(13-5-6)14-8-3-1-2-7(8)11/h4-5,7-8H,1-3H2/t7-,8-/m1/s1. The van der Waals surface area contributed by atoms with E-state index >= 15 is 0 Å². The number of rotatable bonds is 2. The Hall–Kier alpha value is -1.26. The lowest BCUT2D eigenvalue weighted by Gasteiger charge is -2.13. The van der Waals surface area contributed by atoms with Crippen LogP contribution in [-0.4, -0.2) is 22.2 Å². The molecule has 1 heterocycles. The predicted octanol–water partition coefficient (Wildman–Crippen LogP) is 1.89. The van der Waals surface area contributed by atoms with Crippen LogP contribution in [0.25, 0.3) is 0 Å². The van der Waals surface area contributed by atoms with E-state index in [-0.39, 0.29) is 6.01 Å². The average Bonchev–Trinajstić information content (AvgIpc) is 2.56. The molecule has 1 saturated carbocycles. The fourth-order valence-electron chi connectivity index (χ4n) is 1.51. The molecule has 14 heavy (non-hydrogen) atoms. The molecule has 76 valence electrons. The third-order valence-electron chi connectivity index (χ3n) is 2.23. The number of alkyl halides is 1. The lowest BCUT2D eigenvalue weighted by atomic mass is 10.3. The fraction of sp³-hybridized carbons (Fsp3) is 0.556. The summed E-state index contributed by atoms with van der Waals surface area (Å²) >= 11 is 0. The van der Waals surface area contributed by atoms with Crippen molar-refractivity contribution >= 4 is 0 Å². The van der Waals surface area contributed by atoms with Gasteiger partial charge in [-0.1, -0.05) is 0 Å². The summed E-state index contributed by atoms with van der Waals surface area (Å²) in [6.45, 7) is 0. The molecule has 1 aromatic rings. The molecule has 0 unspecified atom stereocenters. The van der Waals surface area contributed by atoms with E-state index in [0.29, 0.717) is 12.8 Å². The molecule has 2 rings (SSSR count). The summed E-state index contributed by atoms with van der Waals surface area (Å²) in [7, 11) is 0. The number of aromatic nitrogens is 2. The maximum absolute atomic E-state index is 13.1. The van der Waals surface area contributed by atoms with Gasteiger partial charge in [0.1, 0.15) is 12.3 Å². The SMILES string of the molecule is Fc1cnc(O[C@@H]2CCC[C@H]2F)nc1. The summed E-state index contributed by atoms with van der Waals surface area (Å²) < 4.78 is 30.7. The summed E-state index contributed by atoms with van der Waals surface area (Å²) in [5, 5.41) is 0. The lowest BCUT2D eigenvalue weighted by molar-refractivity contribution is 0.114. The van der Waals surface area contributed by atoms with Crippen LogP contribution in [0.1, 0.15) is 19.3 Å². The van der Waals surface area contributed by atoms with Crippen LogP contribution in [0, 0.1) is 5.82 Å². The molecule has 3 nitrogen and oxygen atoms in total. The number of hydrogen-bond acceptors (Lipinski definition) is 3. The Morgan fingerprint density at radius 1 is 1.29 bits per heavy atom. The highest BCUT2D eigenvalue weighted by molar-refractivity contribution is 4.97. The average molecular weight is 200 g/mol. The van der Waals surface area contributed by atoms with Gasteiger partial charge in [-0.2, -0.15) is 0 Å². The van der Waals surface area contributed by atoms with Crippen LogP contribution in [-0.2, 0) is 0 Å². The Kier molecular flexibility index (Phi) is 2.56. The topological polar surface area (TPSA) is 35.0 Å². The maximum atomic E-state index is 13.1. The van der Waals surface area contributed by atoms with Crippen molar-refractivity contribution in [1.29, 1.82) is 0 Å². The summed E-state index contributed by atoms with van der Waals surface area (Å²) in [5.41, 5.74) is 0. The van der Waals surface area contributed by atoms with Gasteiger partial charge in [-0.25, -0.2) is 18.7 Å². The van der Waals surface area contributed by atoms with E-state index in [2.05, 4.69) is 9.97 Å². The largest absolute Gasteiger partial charge is 0.457 e. The molecule has 0 radical (unpaired) electrons. The molecule has 1 aliphatic rings.